The number of nitrogens with zero attached hydrogens (tertiary/aromatic N) is 1. The van der Waals surface area contributed by atoms with Gasteiger partial charge in [-0.1, -0.05) is 0 Å². The molecule has 0 aliphatic rings. The average Bonchev–Trinajstić information content (AvgIpc) is 2.54. The molecule has 6 heteroatoms. The molecular formula is C10H15F2NO2S. The summed E-state index contributed by atoms with van der Waals surface area (Å²) in [6.45, 7) is 3.20. The van der Waals surface area contributed by atoms with Crippen LogP contribution in [0, 0.1) is 6.92 Å². The molecular weight excluding hydrogens is 236 g/mol. The summed E-state index contributed by atoms with van der Waals surface area (Å²) in [7, 11) is 0. The van der Waals surface area contributed by atoms with Gasteiger partial charge in [-0.2, -0.15) is 0 Å². The third kappa shape index (κ3) is 4.11. The molecule has 0 spiro atoms. The molecule has 1 aromatic heterocycles. The van der Waals surface area contributed by atoms with Crippen LogP contribution in [0.25, 0.3) is 0 Å². The van der Waals surface area contributed by atoms with Crippen molar-refractivity contribution in [2.75, 3.05) is 13.2 Å². The number of hydrogen-bond donors (Lipinski definition) is 1. The number of alkyl halides is 2. The summed E-state index contributed by atoms with van der Waals surface area (Å²) in [6.07, 6.45) is -2.45. The van der Waals surface area contributed by atoms with Gasteiger partial charge < -0.3 is 9.84 Å². The second-order valence-electron chi connectivity index (χ2n) is 3.45. The van der Waals surface area contributed by atoms with Gasteiger partial charge in [-0.05, 0) is 13.8 Å². The van der Waals surface area contributed by atoms with Gasteiger partial charge in [0.05, 0.1) is 28.3 Å². The van der Waals surface area contributed by atoms with Crippen LogP contribution in [0.2, 0.25) is 0 Å². The van der Waals surface area contributed by atoms with Gasteiger partial charge in [0.15, 0.2) is 0 Å². The number of ether oxygens (including phenoxy) is 1. The van der Waals surface area contributed by atoms with Gasteiger partial charge in [0.1, 0.15) is 6.61 Å². The maximum absolute atomic E-state index is 11.8. The molecule has 1 atom stereocenters. The predicted molar refractivity (Wildman–Crippen MR) is 58.0 cm³/mol. The maximum atomic E-state index is 11.8. The lowest BCUT2D eigenvalue weighted by molar-refractivity contribution is 0.0187. The van der Waals surface area contributed by atoms with Gasteiger partial charge in [0.25, 0.3) is 6.43 Å². The van der Waals surface area contributed by atoms with E-state index < -0.39 is 19.1 Å². The number of thiazole rings is 1. The van der Waals surface area contributed by atoms with Crippen LogP contribution in [0.3, 0.4) is 0 Å². The Morgan fingerprint density at radius 1 is 1.50 bits per heavy atom. The highest BCUT2D eigenvalue weighted by Gasteiger charge is 2.11. The first-order valence-electron chi connectivity index (χ1n) is 5.01. The van der Waals surface area contributed by atoms with Crippen LogP contribution in [-0.4, -0.2) is 29.7 Å². The molecule has 1 heterocycles. The van der Waals surface area contributed by atoms with Crippen molar-refractivity contribution in [3.05, 3.63) is 15.6 Å². The first kappa shape index (κ1) is 13.5. The number of aliphatic hydroxyl groups is 1. The van der Waals surface area contributed by atoms with Gasteiger partial charge in [0, 0.05) is 6.42 Å². The Hall–Kier alpha value is -0.590. The van der Waals surface area contributed by atoms with E-state index in [1.165, 1.54) is 11.3 Å². The van der Waals surface area contributed by atoms with E-state index >= 15 is 0 Å². The summed E-state index contributed by atoms with van der Waals surface area (Å²) in [5, 5.41) is 10.2. The predicted octanol–water partition coefficient (Wildman–Crippen LogP) is 2.33. The standard InChI is InChI=1S/C10H15F2NO2S/c1-6-10(7(2)14)16-9(13-6)3-4-15-5-8(11)12/h7-8,14H,3-5H2,1-2H3. The van der Waals surface area contributed by atoms with E-state index in [9.17, 15) is 13.9 Å². The Labute approximate surface area is 97.1 Å². The molecule has 0 radical (unpaired) electrons. The fourth-order valence-electron chi connectivity index (χ4n) is 1.29. The van der Waals surface area contributed by atoms with Crippen LogP contribution < -0.4 is 0 Å². The van der Waals surface area contributed by atoms with E-state index in [2.05, 4.69) is 4.98 Å². The van der Waals surface area contributed by atoms with E-state index in [0.29, 0.717) is 6.42 Å². The molecule has 0 fully saturated rings. The number of halogens is 2. The molecule has 3 nitrogen and oxygen atoms in total. The molecule has 0 aliphatic heterocycles. The molecule has 16 heavy (non-hydrogen) atoms. The number of hydrogen-bond acceptors (Lipinski definition) is 4. The number of aryl methyl sites for hydroxylation is 1. The molecule has 0 amide bonds. The van der Waals surface area contributed by atoms with E-state index in [1.807, 2.05) is 6.92 Å². The Morgan fingerprint density at radius 2 is 2.19 bits per heavy atom. The Balaban J connectivity index is 2.40. The summed E-state index contributed by atoms with van der Waals surface area (Å²) in [6, 6.07) is 0. The molecule has 92 valence electrons. The molecule has 1 rings (SSSR count). The lowest BCUT2D eigenvalue weighted by Crippen LogP contribution is -2.06. The molecule has 0 aromatic carbocycles. The second-order valence-corrected chi connectivity index (χ2v) is 4.56. The molecule has 1 aromatic rings. The highest BCUT2D eigenvalue weighted by Crippen LogP contribution is 2.24. The van der Waals surface area contributed by atoms with E-state index in [-0.39, 0.29) is 6.61 Å². The second kappa shape index (κ2) is 6.22. The smallest absolute Gasteiger partial charge is 0.261 e. The van der Waals surface area contributed by atoms with Gasteiger partial charge in [-0.25, -0.2) is 13.8 Å². The minimum atomic E-state index is -2.42. The third-order valence-corrected chi connectivity index (χ3v) is 3.35. The van der Waals surface area contributed by atoms with Crippen LogP contribution >= 0.6 is 11.3 Å². The highest BCUT2D eigenvalue weighted by molar-refractivity contribution is 7.11. The quantitative estimate of drug-likeness (QED) is 0.789. The SMILES string of the molecule is Cc1nc(CCOCC(F)F)sc1C(C)O. The average molecular weight is 251 g/mol. The molecule has 0 aliphatic carbocycles. The number of rotatable bonds is 6. The first-order chi connectivity index (χ1) is 7.50. The summed E-state index contributed by atoms with van der Waals surface area (Å²) in [4.78, 5) is 5.06. The first-order valence-corrected chi connectivity index (χ1v) is 5.82. The van der Waals surface area contributed by atoms with Crippen molar-refractivity contribution in [1.82, 2.24) is 4.98 Å². The van der Waals surface area contributed by atoms with Crippen molar-refractivity contribution < 1.29 is 18.6 Å². The zero-order valence-corrected chi connectivity index (χ0v) is 10.1. The Morgan fingerprint density at radius 3 is 2.69 bits per heavy atom. The van der Waals surface area contributed by atoms with Crippen molar-refractivity contribution in [3.63, 3.8) is 0 Å². The molecule has 1 unspecified atom stereocenters. The Kier molecular flexibility index (Phi) is 5.24. The lowest BCUT2D eigenvalue weighted by Gasteiger charge is -2.00. The van der Waals surface area contributed by atoms with E-state index in [1.54, 1.807) is 6.92 Å². The molecule has 0 bridgehead atoms. The van der Waals surface area contributed by atoms with Crippen molar-refractivity contribution in [2.24, 2.45) is 0 Å². The zero-order chi connectivity index (χ0) is 12.1. The summed E-state index contributed by atoms with van der Waals surface area (Å²) in [5.74, 6) is 0. The highest BCUT2D eigenvalue weighted by atomic mass is 32.1. The normalized spacial score (nSPS) is 13.4. The van der Waals surface area contributed by atoms with Crippen molar-refractivity contribution in [2.45, 2.75) is 32.8 Å². The van der Waals surface area contributed by atoms with Crippen molar-refractivity contribution in [3.8, 4) is 0 Å². The number of aliphatic hydroxyl groups excluding tert-OH is 1. The van der Waals surface area contributed by atoms with Crippen molar-refractivity contribution in [1.29, 1.82) is 0 Å². The summed E-state index contributed by atoms with van der Waals surface area (Å²) < 4.78 is 28.3. The van der Waals surface area contributed by atoms with Gasteiger partial charge in [-0.15, -0.1) is 11.3 Å². The molecule has 0 saturated carbocycles. The lowest BCUT2D eigenvalue weighted by atomic mass is 10.3. The monoisotopic (exact) mass is 251 g/mol. The van der Waals surface area contributed by atoms with Gasteiger partial charge in [-0.3, -0.25) is 0 Å². The fraction of sp³-hybridized carbons (Fsp3) is 0.700. The van der Waals surface area contributed by atoms with Crippen molar-refractivity contribution >= 4 is 11.3 Å². The van der Waals surface area contributed by atoms with Gasteiger partial charge >= 0.3 is 0 Å². The van der Waals surface area contributed by atoms with E-state index in [4.69, 9.17) is 4.74 Å². The largest absolute Gasteiger partial charge is 0.388 e. The topological polar surface area (TPSA) is 42.4 Å². The van der Waals surface area contributed by atoms with Crippen LogP contribution in [0.15, 0.2) is 0 Å². The molecule has 1 N–H and O–H groups in total. The minimum absolute atomic E-state index is 0.233. The maximum Gasteiger partial charge on any atom is 0.261 e. The van der Waals surface area contributed by atoms with Crippen LogP contribution in [0.4, 0.5) is 8.78 Å². The minimum Gasteiger partial charge on any atom is -0.388 e. The number of aromatic nitrogens is 1. The summed E-state index contributed by atoms with van der Waals surface area (Å²) in [5.41, 5.74) is 0.795. The third-order valence-electron chi connectivity index (χ3n) is 1.96. The van der Waals surface area contributed by atoms with Crippen LogP contribution in [0.1, 0.15) is 28.6 Å². The fourth-order valence-corrected chi connectivity index (χ4v) is 2.28. The van der Waals surface area contributed by atoms with E-state index in [0.717, 1.165) is 15.6 Å². The Bertz CT molecular complexity index is 329. The molecule has 0 saturated heterocycles. The zero-order valence-electron chi connectivity index (χ0n) is 9.24. The van der Waals surface area contributed by atoms with Crippen LogP contribution in [-0.2, 0) is 11.2 Å². The van der Waals surface area contributed by atoms with Crippen LogP contribution in [0.5, 0.6) is 0 Å². The summed E-state index contributed by atoms with van der Waals surface area (Å²) >= 11 is 1.40. The van der Waals surface area contributed by atoms with Gasteiger partial charge in [0.2, 0.25) is 0 Å².